The molecule has 4 atom stereocenters. The van der Waals surface area contributed by atoms with Crippen molar-refractivity contribution >= 4 is 47.3 Å². The van der Waals surface area contributed by atoms with E-state index in [9.17, 15) is 33.9 Å². The highest BCUT2D eigenvalue weighted by atomic mass is 32.2. The summed E-state index contributed by atoms with van der Waals surface area (Å²) in [5, 5.41) is 25.5. The van der Waals surface area contributed by atoms with Crippen LogP contribution in [0, 0.1) is 0 Å². The zero-order valence-corrected chi connectivity index (χ0v) is 21.2. The van der Waals surface area contributed by atoms with E-state index in [-0.39, 0.29) is 32.1 Å². The van der Waals surface area contributed by atoms with E-state index in [1.807, 2.05) is 0 Å². The van der Waals surface area contributed by atoms with Gasteiger partial charge in [0.1, 0.15) is 18.1 Å². The van der Waals surface area contributed by atoms with E-state index < -0.39 is 66.2 Å². The van der Waals surface area contributed by atoms with Crippen molar-refractivity contribution in [1.82, 2.24) is 16.0 Å². The molecule has 0 aliphatic carbocycles. The van der Waals surface area contributed by atoms with Crippen molar-refractivity contribution in [3.8, 4) is 0 Å². The van der Waals surface area contributed by atoms with Crippen molar-refractivity contribution in [3.05, 3.63) is 0 Å². The molecule has 0 heterocycles. The lowest BCUT2D eigenvalue weighted by molar-refractivity contribution is -0.143. The Labute approximate surface area is 213 Å². The molecule has 206 valence electrons. The van der Waals surface area contributed by atoms with Crippen LogP contribution in [0.25, 0.3) is 0 Å². The van der Waals surface area contributed by atoms with Crippen LogP contribution < -0.4 is 33.2 Å². The van der Waals surface area contributed by atoms with Crippen molar-refractivity contribution in [2.45, 2.75) is 75.5 Å². The summed E-state index contributed by atoms with van der Waals surface area (Å²) < 4.78 is 0. The lowest BCUT2D eigenvalue weighted by atomic mass is 10.1. The Hall–Kier alpha value is -2.91. The Balaban J connectivity index is 5.46. The number of rotatable bonds is 20. The predicted molar refractivity (Wildman–Crippen MR) is 133 cm³/mol. The molecule has 0 aromatic rings. The Morgan fingerprint density at radius 2 is 1.33 bits per heavy atom. The van der Waals surface area contributed by atoms with Crippen molar-refractivity contribution in [2.75, 3.05) is 18.6 Å². The monoisotopic (exact) mass is 534 g/mol. The molecule has 36 heavy (non-hydrogen) atoms. The van der Waals surface area contributed by atoms with Crippen molar-refractivity contribution in [1.29, 1.82) is 0 Å². The number of carbonyl (C=O) groups excluding carboxylic acids is 4. The van der Waals surface area contributed by atoms with Gasteiger partial charge < -0.3 is 43.4 Å². The molecule has 0 aliphatic heterocycles. The number of amides is 4. The van der Waals surface area contributed by atoms with Gasteiger partial charge in [0.25, 0.3) is 0 Å². The third-order valence-corrected chi connectivity index (χ3v) is 5.77. The molecule has 0 aromatic heterocycles. The number of thioether (sulfide) groups is 1. The fourth-order valence-corrected chi connectivity index (χ4v) is 3.51. The Morgan fingerprint density at radius 1 is 0.778 bits per heavy atom. The highest BCUT2D eigenvalue weighted by Gasteiger charge is 2.30. The first-order chi connectivity index (χ1) is 16.9. The normalized spacial score (nSPS) is 14.1. The van der Waals surface area contributed by atoms with E-state index in [0.717, 1.165) is 0 Å². The summed E-state index contributed by atoms with van der Waals surface area (Å²) in [5.41, 5.74) is 16.4. The zero-order valence-electron chi connectivity index (χ0n) is 20.4. The molecule has 14 nitrogen and oxygen atoms in total. The lowest BCUT2D eigenvalue weighted by Crippen LogP contribution is -2.57. The molecule has 4 amide bonds. The molecule has 0 saturated carbocycles. The number of unbranched alkanes of at least 4 members (excludes halogenated alkanes) is 1. The molecular weight excluding hydrogens is 496 g/mol. The van der Waals surface area contributed by atoms with Crippen molar-refractivity contribution < 1.29 is 39.0 Å². The molecule has 11 N–H and O–H groups in total. The van der Waals surface area contributed by atoms with Gasteiger partial charge in [-0.05, 0) is 57.1 Å². The van der Waals surface area contributed by atoms with E-state index in [1.165, 1.54) is 11.8 Å². The van der Waals surface area contributed by atoms with Gasteiger partial charge in [-0.2, -0.15) is 11.8 Å². The second-order valence-electron chi connectivity index (χ2n) is 8.13. The fourth-order valence-electron chi connectivity index (χ4n) is 3.04. The van der Waals surface area contributed by atoms with Gasteiger partial charge in [0.2, 0.25) is 23.6 Å². The van der Waals surface area contributed by atoms with Gasteiger partial charge >= 0.3 is 11.9 Å². The SMILES string of the molecule is CSCCC(NC(=O)C(CCCCN)NC(=O)C(N)CCC(N)=O)C(=O)NC(CCC(=O)O)C(=O)O. The Morgan fingerprint density at radius 3 is 1.83 bits per heavy atom. The summed E-state index contributed by atoms with van der Waals surface area (Å²) in [5.74, 6) is -4.94. The summed E-state index contributed by atoms with van der Waals surface area (Å²) in [6.45, 7) is 0.367. The minimum Gasteiger partial charge on any atom is -0.481 e. The predicted octanol–water partition coefficient (Wildman–Crippen LogP) is -2.13. The number of aliphatic carboxylic acids is 2. The molecule has 0 aromatic carbocycles. The van der Waals surface area contributed by atoms with Crippen LogP contribution in [0.15, 0.2) is 0 Å². The van der Waals surface area contributed by atoms with Crippen LogP contribution in [-0.4, -0.2) is 88.5 Å². The van der Waals surface area contributed by atoms with E-state index in [4.69, 9.17) is 22.3 Å². The maximum Gasteiger partial charge on any atom is 0.326 e. The first kappa shape index (κ1) is 33.1. The molecule has 0 bridgehead atoms. The summed E-state index contributed by atoms with van der Waals surface area (Å²) in [6, 6.07) is -4.72. The molecule has 15 heteroatoms. The van der Waals surface area contributed by atoms with Gasteiger partial charge in [-0.3, -0.25) is 24.0 Å². The average molecular weight is 535 g/mol. The molecule has 0 radical (unpaired) electrons. The quantitative estimate of drug-likeness (QED) is 0.0782. The van der Waals surface area contributed by atoms with Crippen LogP contribution in [0.3, 0.4) is 0 Å². The lowest BCUT2D eigenvalue weighted by Gasteiger charge is -2.25. The third-order valence-electron chi connectivity index (χ3n) is 5.12. The number of nitrogens with two attached hydrogens (primary N) is 3. The summed E-state index contributed by atoms with van der Waals surface area (Å²) >= 11 is 1.40. The molecule has 0 spiro atoms. The number of carboxylic acids is 2. The van der Waals surface area contributed by atoms with Crippen LogP contribution in [0.5, 0.6) is 0 Å². The first-order valence-corrected chi connectivity index (χ1v) is 12.9. The van der Waals surface area contributed by atoms with Crippen molar-refractivity contribution in [2.24, 2.45) is 17.2 Å². The summed E-state index contributed by atoms with van der Waals surface area (Å²) in [7, 11) is 0. The first-order valence-electron chi connectivity index (χ1n) is 11.5. The highest BCUT2D eigenvalue weighted by Crippen LogP contribution is 2.07. The number of hydrogen-bond donors (Lipinski definition) is 8. The van der Waals surface area contributed by atoms with E-state index in [1.54, 1.807) is 6.26 Å². The Kier molecular flexibility index (Phi) is 16.9. The fraction of sp³-hybridized carbons (Fsp3) is 0.714. The maximum absolute atomic E-state index is 13.0. The van der Waals surface area contributed by atoms with E-state index in [2.05, 4.69) is 16.0 Å². The molecule has 0 fully saturated rings. The van der Waals surface area contributed by atoms with Crippen molar-refractivity contribution in [3.63, 3.8) is 0 Å². The summed E-state index contributed by atoms with van der Waals surface area (Å²) in [6.07, 6.45) is 2.29. The maximum atomic E-state index is 13.0. The molecule has 0 aliphatic rings. The number of hydrogen-bond acceptors (Lipinski definition) is 9. The topological polar surface area (TPSA) is 257 Å². The van der Waals surface area contributed by atoms with Gasteiger partial charge in [0.05, 0.1) is 6.04 Å². The number of carboxylic acid groups (broad SMARTS) is 2. The third kappa shape index (κ3) is 14.5. The average Bonchev–Trinajstić information content (AvgIpc) is 2.81. The second kappa shape index (κ2) is 18.4. The number of carbonyl (C=O) groups is 6. The van der Waals surface area contributed by atoms with Gasteiger partial charge in [-0.1, -0.05) is 0 Å². The minimum absolute atomic E-state index is 0.00994. The smallest absolute Gasteiger partial charge is 0.326 e. The highest BCUT2D eigenvalue weighted by molar-refractivity contribution is 7.98. The standard InChI is InChI=1S/C21H38N6O8S/c1-36-11-9-14(20(33)27-15(21(34)35)6-8-17(29)30)26-19(32)13(4-2-3-10-22)25-18(31)12(23)5-7-16(24)28/h12-15H,2-11,22-23H2,1H3,(H2,24,28)(H,25,31)(H,26,32)(H,27,33)(H,29,30)(H,34,35). The molecule has 0 saturated heterocycles. The zero-order chi connectivity index (χ0) is 27.7. The molecule has 4 unspecified atom stereocenters. The van der Waals surface area contributed by atoms with Gasteiger partial charge in [-0.25, -0.2) is 4.79 Å². The number of primary amides is 1. The van der Waals surface area contributed by atoms with E-state index in [0.29, 0.717) is 25.1 Å². The van der Waals surface area contributed by atoms with Crippen LogP contribution in [0.1, 0.15) is 51.4 Å². The Bertz CT molecular complexity index is 769. The van der Waals surface area contributed by atoms with Crippen LogP contribution in [-0.2, 0) is 28.8 Å². The summed E-state index contributed by atoms with van der Waals surface area (Å²) in [4.78, 5) is 71.4. The largest absolute Gasteiger partial charge is 0.481 e. The van der Waals surface area contributed by atoms with Gasteiger partial charge in [-0.15, -0.1) is 0 Å². The van der Waals surface area contributed by atoms with E-state index >= 15 is 0 Å². The number of nitrogens with one attached hydrogen (secondary N) is 3. The molecule has 0 rings (SSSR count). The van der Waals surface area contributed by atoms with Gasteiger partial charge in [0.15, 0.2) is 0 Å². The van der Waals surface area contributed by atoms with Crippen LogP contribution >= 0.6 is 11.8 Å². The van der Waals surface area contributed by atoms with Crippen LogP contribution in [0.4, 0.5) is 0 Å². The van der Waals surface area contributed by atoms with Crippen LogP contribution in [0.2, 0.25) is 0 Å². The van der Waals surface area contributed by atoms with Gasteiger partial charge in [0, 0.05) is 12.8 Å². The second-order valence-corrected chi connectivity index (χ2v) is 9.12. The molecular formula is C21H38N6O8S. The minimum atomic E-state index is -1.45.